The molecular weight excluding hydrogens is 222 g/mol. The maximum absolute atomic E-state index is 11.3. The summed E-state index contributed by atoms with van der Waals surface area (Å²) < 4.78 is 10.5. The number of anilines is 1. The van der Waals surface area contributed by atoms with Gasteiger partial charge < -0.3 is 14.8 Å². The van der Waals surface area contributed by atoms with Crippen LogP contribution in [0.25, 0.3) is 0 Å². The number of hydrogen-bond acceptors (Lipinski definition) is 5. The molecule has 6 nitrogen and oxygen atoms in total. The minimum Gasteiger partial charge on any atom is -0.476 e. The molecule has 0 bridgehead atoms. The number of nitrogens with zero attached hydrogens (tertiary/aromatic N) is 2. The lowest BCUT2D eigenvalue weighted by molar-refractivity contribution is -0.115. The first-order chi connectivity index (χ1) is 8.21. The molecule has 6 heteroatoms. The summed E-state index contributed by atoms with van der Waals surface area (Å²) in [5, 5.41) is 2.67. The second-order valence-corrected chi connectivity index (χ2v) is 3.14. The van der Waals surface area contributed by atoms with E-state index >= 15 is 0 Å². The lowest BCUT2D eigenvalue weighted by Gasteiger charge is -2.10. The molecule has 0 aliphatic heterocycles. The van der Waals surface area contributed by atoms with E-state index in [0.29, 0.717) is 31.2 Å². The number of hydrogen-bond donors (Lipinski definition) is 1. The molecule has 1 N–H and O–H groups in total. The lowest BCUT2D eigenvalue weighted by Crippen LogP contribution is -2.12. The zero-order valence-electron chi connectivity index (χ0n) is 10.3. The molecule has 0 aliphatic rings. The molecule has 0 spiro atoms. The molecule has 0 radical (unpaired) electrons. The summed E-state index contributed by atoms with van der Waals surface area (Å²) in [6.45, 7) is 6.39. The number of amides is 1. The van der Waals surface area contributed by atoms with Gasteiger partial charge in [-0.1, -0.05) is 6.92 Å². The Hall–Kier alpha value is -1.85. The number of carbonyl (C=O) groups is 1. The predicted octanol–water partition coefficient (Wildman–Crippen LogP) is 1.62. The topological polar surface area (TPSA) is 73.3 Å². The smallest absolute Gasteiger partial charge is 0.319 e. The molecule has 1 heterocycles. The molecule has 0 fully saturated rings. The lowest BCUT2D eigenvalue weighted by atomic mass is 10.4. The molecule has 0 aromatic carbocycles. The van der Waals surface area contributed by atoms with Crippen molar-refractivity contribution >= 4 is 11.6 Å². The van der Waals surface area contributed by atoms with Crippen molar-refractivity contribution in [1.29, 1.82) is 0 Å². The van der Waals surface area contributed by atoms with E-state index in [2.05, 4.69) is 15.3 Å². The van der Waals surface area contributed by atoms with Crippen LogP contribution in [0, 0.1) is 0 Å². The van der Waals surface area contributed by atoms with Gasteiger partial charge >= 0.3 is 6.01 Å². The molecule has 17 heavy (non-hydrogen) atoms. The minimum absolute atomic E-state index is 0.112. The van der Waals surface area contributed by atoms with Crippen molar-refractivity contribution in [3.05, 3.63) is 6.20 Å². The molecule has 0 saturated heterocycles. The van der Waals surface area contributed by atoms with Gasteiger partial charge in [0, 0.05) is 6.42 Å². The molecule has 94 valence electrons. The predicted molar refractivity (Wildman–Crippen MR) is 63.3 cm³/mol. The van der Waals surface area contributed by atoms with Gasteiger partial charge in [0.15, 0.2) is 0 Å². The normalized spacial score (nSPS) is 9.82. The van der Waals surface area contributed by atoms with Crippen LogP contribution in [-0.4, -0.2) is 29.1 Å². The summed E-state index contributed by atoms with van der Waals surface area (Å²) in [4.78, 5) is 19.3. The Morgan fingerprint density at radius 1 is 1.29 bits per heavy atom. The van der Waals surface area contributed by atoms with Gasteiger partial charge in [-0.3, -0.25) is 4.79 Å². The van der Waals surface area contributed by atoms with Gasteiger partial charge in [-0.05, 0) is 13.8 Å². The van der Waals surface area contributed by atoms with Crippen molar-refractivity contribution in [2.45, 2.75) is 27.2 Å². The Balaban J connectivity index is 2.90. The van der Waals surface area contributed by atoms with E-state index in [4.69, 9.17) is 9.47 Å². The quantitative estimate of drug-likeness (QED) is 0.816. The number of ether oxygens (including phenoxy) is 2. The Labute approximate surface area is 100 Å². The van der Waals surface area contributed by atoms with Crippen molar-refractivity contribution in [2.75, 3.05) is 18.5 Å². The van der Waals surface area contributed by atoms with Gasteiger partial charge in [0.2, 0.25) is 11.8 Å². The molecule has 1 amide bonds. The zero-order chi connectivity index (χ0) is 12.7. The molecule has 0 saturated carbocycles. The van der Waals surface area contributed by atoms with Crippen LogP contribution in [0.5, 0.6) is 11.9 Å². The number of aromatic nitrogens is 2. The third kappa shape index (κ3) is 3.90. The fraction of sp³-hybridized carbons (Fsp3) is 0.545. The highest BCUT2D eigenvalue weighted by Gasteiger charge is 2.10. The summed E-state index contributed by atoms with van der Waals surface area (Å²) in [7, 11) is 0. The van der Waals surface area contributed by atoms with Crippen LogP contribution >= 0.6 is 0 Å². The average molecular weight is 239 g/mol. The summed E-state index contributed by atoms with van der Waals surface area (Å²) in [5.41, 5.74) is 0.460. The molecule has 1 aromatic heterocycles. The van der Waals surface area contributed by atoms with Gasteiger partial charge in [0.25, 0.3) is 0 Å². The monoisotopic (exact) mass is 239 g/mol. The van der Waals surface area contributed by atoms with Crippen molar-refractivity contribution in [3.8, 4) is 11.9 Å². The van der Waals surface area contributed by atoms with E-state index in [1.807, 2.05) is 13.8 Å². The van der Waals surface area contributed by atoms with Gasteiger partial charge in [-0.25, -0.2) is 4.98 Å². The van der Waals surface area contributed by atoms with Gasteiger partial charge in [0.1, 0.15) is 5.69 Å². The highest BCUT2D eigenvalue weighted by Crippen LogP contribution is 2.23. The van der Waals surface area contributed by atoms with E-state index < -0.39 is 0 Å². The molecule has 0 aliphatic carbocycles. The molecule has 1 aromatic rings. The van der Waals surface area contributed by atoms with Crippen molar-refractivity contribution in [1.82, 2.24) is 9.97 Å². The average Bonchev–Trinajstić information content (AvgIpc) is 2.33. The number of rotatable bonds is 6. The van der Waals surface area contributed by atoms with Crippen molar-refractivity contribution in [2.24, 2.45) is 0 Å². The number of carbonyl (C=O) groups excluding carboxylic acids is 1. The van der Waals surface area contributed by atoms with Crippen LogP contribution in [0.3, 0.4) is 0 Å². The van der Waals surface area contributed by atoms with Crippen LogP contribution in [0.4, 0.5) is 5.69 Å². The highest BCUT2D eigenvalue weighted by molar-refractivity contribution is 5.91. The molecule has 0 atom stereocenters. The van der Waals surface area contributed by atoms with E-state index in [0.717, 1.165) is 0 Å². The Bertz CT molecular complexity index is 382. The zero-order valence-corrected chi connectivity index (χ0v) is 10.3. The summed E-state index contributed by atoms with van der Waals surface area (Å²) in [6.07, 6.45) is 1.87. The third-order valence-corrected chi connectivity index (χ3v) is 1.88. The maximum atomic E-state index is 11.3. The second-order valence-electron chi connectivity index (χ2n) is 3.14. The Morgan fingerprint density at radius 3 is 2.59 bits per heavy atom. The molecule has 0 unspecified atom stereocenters. The van der Waals surface area contributed by atoms with Crippen LogP contribution < -0.4 is 14.8 Å². The first kappa shape index (κ1) is 13.2. The van der Waals surface area contributed by atoms with Crippen molar-refractivity contribution in [3.63, 3.8) is 0 Å². The van der Waals surface area contributed by atoms with E-state index in [-0.39, 0.29) is 11.9 Å². The van der Waals surface area contributed by atoms with Gasteiger partial charge in [0.05, 0.1) is 19.4 Å². The van der Waals surface area contributed by atoms with Crippen LogP contribution in [0.15, 0.2) is 6.20 Å². The van der Waals surface area contributed by atoms with Crippen LogP contribution in [0.2, 0.25) is 0 Å². The summed E-state index contributed by atoms with van der Waals surface area (Å²) >= 11 is 0. The van der Waals surface area contributed by atoms with Crippen LogP contribution in [0.1, 0.15) is 27.2 Å². The second kappa shape index (κ2) is 6.67. The Morgan fingerprint density at radius 2 is 2.00 bits per heavy atom. The molecule has 1 rings (SSSR count). The fourth-order valence-corrected chi connectivity index (χ4v) is 1.12. The first-order valence-electron chi connectivity index (χ1n) is 5.63. The summed E-state index contributed by atoms with van der Waals surface area (Å²) in [5.74, 6) is 0.214. The Kier molecular flexibility index (Phi) is 5.19. The third-order valence-electron chi connectivity index (χ3n) is 1.88. The largest absolute Gasteiger partial charge is 0.476 e. The van der Waals surface area contributed by atoms with Crippen LogP contribution in [-0.2, 0) is 4.79 Å². The van der Waals surface area contributed by atoms with Gasteiger partial charge in [-0.15, -0.1) is 0 Å². The van der Waals surface area contributed by atoms with Gasteiger partial charge in [-0.2, -0.15) is 4.98 Å². The maximum Gasteiger partial charge on any atom is 0.319 e. The highest BCUT2D eigenvalue weighted by atomic mass is 16.5. The standard InChI is InChI=1S/C11H17N3O3/c1-4-9(15)13-8-7-12-11(17-6-3)14-10(8)16-5-2/h7H,4-6H2,1-3H3,(H,13,15). The van der Waals surface area contributed by atoms with E-state index in [1.165, 1.54) is 6.20 Å². The number of nitrogens with one attached hydrogen (secondary N) is 1. The molecular formula is C11H17N3O3. The van der Waals surface area contributed by atoms with Crippen molar-refractivity contribution < 1.29 is 14.3 Å². The summed E-state index contributed by atoms with van der Waals surface area (Å²) in [6, 6.07) is 0.241. The fourth-order valence-electron chi connectivity index (χ4n) is 1.12. The minimum atomic E-state index is -0.112. The van der Waals surface area contributed by atoms with E-state index in [1.54, 1.807) is 6.92 Å². The van der Waals surface area contributed by atoms with E-state index in [9.17, 15) is 4.79 Å². The first-order valence-corrected chi connectivity index (χ1v) is 5.63. The SMILES string of the molecule is CCOc1ncc(NC(=O)CC)c(OCC)n1.